The number of amides is 3. The van der Waals surface area contributed by atoms with Crippen LogP contribution in [0.1, 0.15) is 69.2 Å². The van der Waals surface area contributed by atoms with E-state index in [2.05, 4.69) is 10.6 Å². The molecule has 2 atom stereocenters. The van der Waals surface area contributed by atoms with Crippen molar-refractivity contribution in [3.63, 3.8) is 0 Å². The van der Waals surface area contributed by atoms with Crippen LogP contribution in [0.15, 0.2) is 24.3 Å². The Morgan fingerprint density at radius 3 is 2.35 bits per heavy atom. The van der Waals surface area contributed by atoms with E-state index in [4.69, 9.17) is 11.5 Å². The highest BCUT2D eigenvalue weighted by Gasteiger charge is 2.44. The van der Waals surface area contributed by atoms with Crippen LogP contribution in [0.4, 0.5) is 0 Å². The third-order valence-electron chi connectivity index (χ3n) is 7.01. The number of likely N-dealkylation sites (tertiary alicyclic amines) is 1. The van der Waals surface area contributed by atoms with Gasteiger partial charge in [-0.25, -0.2) is 0 Å². The molecule has 0 aromatic heterocycles. The summed E-state index contributed by atoms with van der Waals surface area (Å²) in [6, 6.07) is 6.74. The summed E-state index contributed by atoms with van der Waals surface area (Å²) >= 11 is 0. The zero-order valence-corrected chi connectivity index (χ0v) is 20.3. The van der Waals surface area contributed by atoms with Gasteiger partial charge in [0, 0.05) is 25.6 Å². The summed E-state index contributed by atoms with van der Waals surface area (Å²) in [6.07, 6.45) is 6.43. The second kappa shape index (κ2) is 12.8. The molecule has 1 saturated carbocycles. The second-order valence-corrected chi connectivity index (χ2v) is 9.53. The minimum atomic E-state index is -0.523. The number of carbonyl (C=O) groups excluding carboxylic acids is 3. The Balaban J connectivity index is 1.57. The number of quaternary nitrogens is 1. The summed E-state index contributed by atoms with van der Waals surface area (Å²) in [5.74, 6) is 0.0529. The lowest BCUT2D eigenvalue weighted by Crippen LogP contribution is -2.96. The van der Waals surface area contributed by atoms with Crippen LogP contribution in [0, 0.1) is 5.92 Å². The number of hydrogen-bond donors (Lipinski definition) is 5. The molecule has 2 aliphatic rings. The number of nitrogens with zero attached hydrogens (tertiary/aromatic N) is 1. The van der Waals surface area contributed by atoms with Crippen LogP contribution in [-0.4, -0.2) is 54.3 Å². The Labute approximate surface area is 202 Å². The van der Waals surface area contributed by atoms with E-state index < -0.39 is 12.2 Å². The van der Waals surface area contributed by atoms with E-state index in [-0.39, 0.29) is 36.2 Å². The molecule has 8 N–H and O–H groups in total. The molecule has 1 aromatic carbocycles. The van der Waals surface area contributed by atoms with Gasteiger partial charge in [-0.15, -0.1) is 0 Å². The number of benzene rings is 1. The SMILES string of the molecule is CCCNC(=O)C[NH2+][C@@H](C(=O)N1CC[C@H]1C(=O)NCc1ccc(C(N)N)cc1)C1CCCCC1. The van der Waals surface area contributed by atoms with Gasteiger partial charge >= 0.3 is 0 Å². The summed E-state index contributed by atoms with van der Waals surface area (Å²) in [4.78, 5) is 40.2. The summed E-state index contributed by atoms with van der Waals surface area (Å²) < 4.78 is 0. The molecule has 1 saturated heterocycles. The van der Waals surface area contributed by atoms with Crippen molar-refractivity contribution in [2.75, 3.05) is 19.6 Å². The zero-order valence-electron chi connectivity index (χ0n) is 20.3. The van der Waals surface area contributed by atoms with Gasteiger partial charge in [-0.1, -0.05) is 50.5 Å². The van der Waals surface area contributed by atoms with Gasteiger partial charge in [0.15, 0.2) is 12.6 Å². The lowest BCUT2D eigenvalue weighted by molar-refractivity contribution is -0.674. The lowest BCUT2D eigenvalue weighted by atomic mass is 9.82. The molecule has 0 unspecified atom stereocenters. The smallest absolute Gasteiger partial charge is 0.281 e. The van der Waals surface area contributed by atoms with E-state index in [0.717, 1.165) is 43.2 Å². The highest BCUT2D eigenvalue weighted by atomic mass is 16.2. The minimum absolute atomic E-state index is 0.0112. The van der Waals surface area contributed by atoms with Crippen molar-refractivity contribution in [2.24, 2.45) is 17.4 Å². The van der Waals surface area contributed by atoms with Gasteiger partial charge in [0.25, 0.3) is 11.8 Å². The molecule has 1 aliphatic carbocycles. The van der Waals surface area contributed by atoms with Crippen LogP contribution in [0.25, 0.3) is 0 Å². The third-order valence-corrected chi connectivity index (χ3v) is 7.01. The molecule has 3 rings (SSSR count). The maximum absolute atomic E-state index is 13.5. The molecule has 3 amide bonds. The zero-order chi connectivity index (χ0) is 24.5. The summed E-state index contributed by atoms with van der Waals surface area (Å²) in [5, 5.41) is 7.73. The first-order chi connectivity index (χ1) is 16.4. The van der Waals surface area contributed by atoms with Crippen molar-refractivity contribution in [1.29, 1.82) is 0 Å². The Morgan fingerprint density at radius 1 is 1.06 bits per heavy atom. The first-order valence-electron chi connectivity index (χ1n) is 12.7. The Morgan fingerprint density at radius 2 is 1.76 bits per heavy atom. The molecular weight excluding hydrogens is 432 g/mol. The molecule has 34 heavy (non-hydrogen) atoms. The largest absolute Gasteiger partial charge is 0.351 e. The molecule has 1 heterocycles. The Kier molecular flexibility index (Phi) is 9.86. The average molecular weight is 474 g/mol. The number of nitrogens with two attached hydrogens (primary N) is 3. The van der Waals surface area contributed by atoms with Crippen LogP contribution in [0.2, 0.25) is 0 Å². The van der Waals surface area contributed by atoms with Gasteiger partial charge in [-0.3, -0.25) is 14.4 Å². The molecule has 188 valence electrons. The number of hydrogen-bond acceptors (Lipinski definition) is 5. The molecular formula is C25H41N6O3+. The van der Waals surface area contributed by atoms with Crippen LogP contribution in [-0.2, 0) is 20.9 Å². The number of rotatable bonds is 11. The molecule has 9 nitrogen and oxygen atoms in total. The van der Waals surface area contributed by atoms with Gasteiger partial charge in [0.2, 0.25) is 5.91 Å². The second-order valence-electron chi connectivity index (χ2n) is 9.53. The van der Waals surface area contributed by atoms with Crippen LogP contribution in [0.3, 0.4) is 0 Å². The predicted molar refractivity (Wildman–Crippen MR) is 130 cm³/mol. The Bertz CT molecular complexity index is 822. The summed E-state index contributed by atoms with van der Waals surface area (Å²) in [7, 11) is 0. The standard InChI is InChI=1S/C25H40N6O3/c1-2-13-28-21(32)16-29-22(18-6-4-3-5-7-18)25(34)31-14-12-20(31)24(33)30-15-17-8-10-19(11-9-17)23(26)27/h8-11,18,20,22-23,29H,2-7,12-16,26-27H2,1H3,(H,28,32)(H,30,33)/p+1/t20-,22+/m0/s1. The summed E-state index contributed by atoms with van der Waals surface area (Å²) in [5.41, 5.74) is 13.1. The van der Waals surface area contributed by atoms with E-state index >= 15 is 0 Å². The first-order valence-corrected chi connectivity index (χ1v) is 12.7. The maximum atomic E-state index is 13.5. The van der Waals surface area contributed by atoms with Crippen molar-refractivity contribution in [2.45, 2.75) is 76.7 Å². The topological polar surface area (TPSA) is 147 Å². The highest BCUT2D eigenvalue weighted by Crippen LogP contribution is 2.28. The van der Waals surface area contributed by atoms with Crippen molar-refractivity contribution < 1.29 is 19.7 Å². The normalized spacial score (nSPS) is 19.4. The van der Waals surface area contributed by atoms with Crippen LogP contribution < -0.4 is 27.4 Å². The van der Waals surface area contributed by atoms with Crippen molar-refractivity contribution >= 4 is 17.7 Å². The van der Waals surface area contributed by atoms with E-state index in [0.29, 0.717) is 26.1 Å². The maximum Gasteiger partial charge on any atom is 0.281 e. The fourth-order valence-corrected chi connectivity index (χ4v) is 4.84. The fourth-order valence-electron chi connectivity index (χ4n) is 4.84. The highest BCUT2D eigenvalue weighted by molar-refractivity contribution is 5.91. The van der Waals surface area contributed by atoms with Crippen molar-refractivity contribution in [1.82, 2.24) is 15.5 Å². The van der Waals surface area contributed by atoms with E-state index in [9.17, 15) is 14.4 Å². The van der Waals surface area contributed by atoms with Crippen LogP contribution >= 0.6 is 0 Å². The number of nitrogens with one attached hydrogen (secondary N) is 2. The van der Waals surface area contributed by atoms with Crippen molar-refractivity contribution in [3.8, 4) is 0 Å². The fraction of sp³-hybridized carbons (Fsp3) is 0.640. The molecule has 1 aromatic rings. The van der Waals surface area contributed by atoms with E-state index in [1.807, 2.05) is 36.5 Å². The molecule has 2 fully saturated rings. The van der Waals surface area contributed by atoms with E-state index in [1.165, 1.54) is 6.42 Å². The van der Waals surface area contributed by atoms with Gasteiger partial charge in [-0.2, -0.15) is 0 Å². The monoisotopic (exact) mass is 473 g/mol. The quantitative estimate of drug-likeness (QED) is 0.284. The Hall–Kier alpha value is -2.49. The summed E-state index contributed by atoms with van der Waals surface area (Å²) in [6.45, 7) is 3.86. The van der Waals surface area contributed by atoms with Crippen molar-refractivity contribution in [3.05, 3.63) is 35.4 Å². The molecule has 0 bridgehead atoms. The van der Waals surface area contributed by atoms with Gasteiger partial charge < -0.3 is 32.3 Å². The van der Waals surface area contributed by atoms with Gasteiger partial charge in [0.05, 0.1) is 6.17 Å². The lowest BCUT2D eigenvalue weighted by Gasteiger charge is -2.42. The average Bonchev–Trinajstić information content (AvgIpc) is 2.81. The van der Waals surface area contributed by atoms with Crippen LogP contribution in [0.5, 0.6) is 0 Å². The van der Waals surface area contributed by atoms with E-state index in [1.54, 1.807) is 4.90 Å². The molecule has 1 aliphatic heterocycles. The number of carbonyl (C=O) groups is 3. The third kappa shape index (κ3) is 7.01. The predicted octanol–water partition coefficient (Wildman–Crippen LogP) is -0.142. The molecule has 0 spiro atoms. The molecule has 9 heteroatoms. The minimum Gasteiger partial charge on any atom is -0.351 e. The first kappa shape index (κ1) is 26.1. The van der Waals surface area contributed by atoms with Gasteiger partial charge in [0.1, 0.15) is 6.04 Å². The molecule has 0 radical (unpaired) electrons. The van der Waals surface area contributed by atoms with Gasteiger partial charge in [-0.05, 0) is 36.8 Å².